The van der Waals surface area contributed by atoms with Gasteiger partial charge in [-0.3, -0.25) is 0 Å². The Morgan fingerprint density at radius 3 is 0.321 bits per heavy atom. The summed E-state index contributed by atoms with van der Waals surface area (Å²) < 4.78 is 0. The van der Waals surface area contributed by atoms with Gasteiger partial charge in [-0.25, -0.2) is 0 Å². The van der Waals surface area contributed by atoms with Gasteiger partial charge in [0.05, 0.1) is 0 Å². The lowest BCUT2D eigenvalue weighted by Crippen LogP contribution is -1.98. The third-order valence-corrected chi connectivity index (χ3v) is 15.2. The maximum Gasteiger partial charge on any atom is -0.00268 e. The summed E-state index contributed by atoms with van der Waals surface area (Å²) in [6.45, 7) is 12.8. The Morgan fingerprint density at radius 1 is 0.119 bits per heavy atom. The molecule has 84 heavy (non-hydrogen) atoms. The van der Waals surface area contributed by atoms with E-state index < -0.39 is 0 Å². The Bertz CT molecular complexity index is 3630. The quantitative estimate of drug-likeness (QED) is 0.107. The zero-order valence-electron chi connectivity index (χ0n) is 49.2. The highest BCUT2D eigenvalue weighted by Gasteiger charge is 2.19. The number of benzene rings is 12. The van der Waals surface area contributed by atoms with E-state index in [9.17, 15) is 0 Å². The predicted octanol–water partition coefficient (Wildman–Crippen LogP) is 21.9. The van der Waals surface area contributed by atoms with E-state index in [1.165, 1.54) is 134 Å². The molecule has 0 fully saturated rings. The first-order chi connectivity index (χ1) is 41.2. The van der Waals surface area contributed by atoms with Crippen molar-refractivity contribution in [2.45, 2.75) is 41.5 Å². The largest absolute Gasteiger partial charge is 0.0622 e. The van der Waals surface area contributed by atoms with E-state index in [4.69, 9.17) is 0 Å². The molecule has 0 spiro atoms. The summed E-state index contributed by atoms with van der Waals surface area (Å²) in [6.07, 6.45) is 0. The zero-order valence-corrected chi connectivity index (χ0v) is 49.2. The molecule has 0 aliphatic carbocycles. The Kier molecular flexibility index (Phi) is 19.1. The van der Waals surface area contributed by atoms with Crippen molar-refractivity contribution in [3.63, 3.8) is 0 Å². The van der Waals surface area contributed by atoms with Crippen LogP contribution in [0.3, 0.4) is 0 Å². The molecule has 0 unspecified atom stereocenters. The van der Waals surface area contributed by atoms with E-state index in [1.807, 2.05) is 0 Å². The van der Waals surface area contributed by atoms with Crippen LogP contribution in [0.4, 0.5) is 0 Å². The van der Waals surface area contributed by atoms with Crippen molar-refractivity contribution < 1.29 is 0 Å². The molecule has 0 saturated carbocycles. The van der Waals surface area contributed by atoms with Gasteiger partial charge in [-0.1, -0.05) is 361 Å². The highest BCUT2D eigenvalue weighted by Crippen LogP contribution is 2.40. The topological polar surface area (TPSA) is 0 Å². The van der Waals surface area contributed by atoms with Gasteiger partial charge in [0.2, 0.25) is 0 Å². The summed E-state index contributed by atoms with van der Waals surface area (Å²) >= 11 is 0. The molecule has 0 aliphatic heterocycles. The van der Waals surface area contributed by atoms with Crippen molar-refractivity contribution in [1.82, 2.24) is 0 Å². The van der Waals surface area contributed by atoms with Gasteiger partial charge >= 0.3 is 0 Å². The Morgan fingerprint density at radius 2 is 0.214 bits per heavy atom. The summed E-state index contributed by atoms with van der Waals surface area (Å²) in [6, 6.07) is 117. The van der Waals surface area contributed by atoms with Crippen LogP contribution in [0.25, 0.3) is 33.4 Å². The van der Waals surface area contributed by atoms with Crippen molar-refractivity contribution in [3.05, 3.63) is 428 Å². The van der Waals surface area contributed by atoms with Crippen molar-refractivity contribution in [1.29, 1.82) is 0 Å². The minimum Gasteiger partial charge on any atom is -0.0622 e. The highest BCUT2D eigenvalue weighted by atomic mass is 14.2. The minimum atomic E-state index is 1.22. The lowest BCUT2D eigenvalue weighted by molar-refractivity contribution is 1.40. The summed E-state index contributed by atoms with van der Waals surface area (Å²) in [5.74, 6) is 0. The molecule has 0 amide bonds. The van der Waals surface area contributed by atoms with Gasteiger partial charge in [0.25, 0.3) is 0 Å². The van der Waals surface area contributed by atoms with Crippen LogP contribution in [0, 0.1) is 41.5 Å². The first kappa shape index (κ1) is 57.1. The number of hydrogen-bond donors (Lipinski definition) is 0. The van der Waals surface area contributed by atoms with Crippen LogP contribution in [0.1, 0.15) is 100 Å². The molecule has 0 radical (unpaired) electrons. The molecular weight excluding hydrogens is 1010 g/mol. The maximum atomic E-state index is 2.24. The molecule has 0 N–H and O–H groups in total. The summed E-state index contributed by atoms with van der Waals surface area (Å²) in [4.78, 5) is 0. The van der Waals surface area contributed by atoms with Gasteiger partial charge in [-0.05, 0) is 142 Å². The van der Waals surface area contributed by atoms with Crippen LogP contribution in [-0.2, 0) is 0 Å². The molecule has 0 aliphatic rings. The molecule has 0 atom stereocenters. The smallest absolute Gasteiger partial charge is 0.00268 e. The summed E-state index contributed by atoms with van der Waals surface area (Å²) in [7, 11) is 0. The van der Waals surface area contributed by atoms with E-state index in [-0.39, 0.29) is 0 Å². The second kappa shape index (κ2) is 28.0. The Labute approximate surface area is 499 Å². The Hall–Kier alpha value is -10.1. The molecule has 0 bridgehead atoms. The van der Waals surface area contributed by atoms with Crippen LogP contribution < -0.4 is 0 Å². The number of rotatable bonds is 12. The standard InChI is InChI=1S/C30H28.C28H24.C26H20/c1-21-5-13-25(14-6-21)29(26-15-7-22(2)8-16-26)30(27-17-9-23(3)10-18-27)28-19-11-24(4)12-20-28;1-21-13-17-25(18-14-21)27(23-9-5-3-6-10-23)28(24-11-7-4-8-12-24)26-19-15-22(2)16-20-26;1-5-13-21(14-6-1)25(22-15-7-2-8-16-22)26(23-17-9-3-10-18-23)24-19-11-4-12-20-24/h5-20H,1-4H3;3-20H,1-2H3;1-20H/b;28-27+;. The minimum absolute atomic E-state index is 1.22. The number of hydrogen-bond acceptors (Lipinski definition) is 0. The average molecular weight is 1080 g/mol. The molecule has 0 aromatic heterocycles. The molecule has 0 heterocycles. The fourth-order valence-electron chi connectivity index (χ4n) is 10.7. The van der Waals surface area contributed by atoms with Crippen molar-refractivity contribution >= 4 is 33.4 Å². The predicted molar refractivity (Wildman–Crippen MR) is 361 cm³/mol. The van der Waals surface area contributed by atoms with Gasteiger partial charge in [0.1, 0.15) is 0 Å². The van der Waals surface area contributed by atoms with Crippen molar-refractivity contribution in [3.8, 4) is 0 Å². The molecule has 408 valence electrons. The van der Waals surface area contributed by atoms with Crippen LogP contribution in [-0.4, -0.2) is 0 Å². The monoisotopic (exact) mass is 1080 g/mol. The number of aryl methyl sites for hydroxylation is 6. The summed E-state index contributed by atoms with van der Waals surface area (Å²) in [5, 5.41) is 0. The van der Waals surface area contributed by atoms with E-state index in [2.05, 4.69) is 369 Å². The van der Waals surface area contributed by atoms with Gasteiger partial charge in [-0.15, -0.1) is 0 Å². The van der Waals surface area contributed by atoms with Gasteiger partial charge in [-0.2, -0.15) is 0 Å². The maximum absolute atomic E-state index is 2.24. The Balaban J connectivity index is 0.000000141. The van der Waals surface area contributed by atoms with E-state index in [0.29, 0.717) is 0 Å². The lowest BCUT2D eigenvalue weighted by Gasteiger charge is -2.19. The molecular formula is C84H72. The fraction of sp³-hybridized carbons (Fsp3) is 0.0714. The normalized spacial score (nSPS) is 10.9. The van der Waals surface area contributed by atoms with Gasteiger partial charge in [0, 0.05) is 0 Å². The van der Waals surface area contributed by atoms with E-state index >= 15 is 0 Å². The third kappa shape index (κ3) is 14.5. The van der Waals surface area contributed by atoms with Crippen LogP contribution in [0.15, 0.2) is 328 Å². The molecule has 12 aromatic rings. The van der Waals surface area contributed by atoms with E-state index in [1.54, 1.807) is 0 Å². The molecule has 12 rings (SSSR count). The SMILES string of the molecule is Cc1ccc(/C(=C(\c2ccccc2)c2ccc(C)cc2)c2ccccc2)cc1.Cc1ccc(C(=C(c2ccc(C)cc2)c2ccc(C)cc2)c2ccc(C)cc2)cc1.c1ccc(C(=C(c2ccccc2)c2ccccc2)c2ccccc2)cc1. The zero-order chi connectivity index (χ0) is 58.0. The fourth-order valence-corrected chi connectivity index (χ4v) is 10.7. The van der Waals surface area contributed by atoms with Crippen molar-refractivity contribution in [2.24, 2.45) is 0 Å². The van der Waals surface area contributed by atoms with Crippen LogP contribution in [0.2, 0.25) is 0 Å². The second-order valence-corrected chi connectivity index (χ2v) is 21.6. The third-order valence-electron chi connectivity index (χ3n) is 15.2. The molecule has 0 nitrogen and oxygen atoms in total. The van der Waals surface area contributed by atoms with Gasteiger partial charge < -0.3 is 0 Å². The summed E-state index contributed by atoms with van der Waals surface area (Å²) in [5.41, 5.74) is 30.0. The molecule has 12 aromatic carbocycles. The lowest BCUT2D eigenvalue weighted by atomic mass is 9.85. The van der Waals surface area contributed by atoms with Gasteiger partial charge in [0.15, 0.2) is 0 Å². The second-order valence-electron chi connectivity index (χ2n) is 21.6. The highest BCUT2D eigenvalue weighted by molar-refractivity contribution is 6.06. The first-order valence-electron chi connectivity index (χ1n) is 29.1. The van der Waals surface area contributed by atoms with Crippen LogP contribution >= 0.6 is 0 Å². The van der Waals surface area contributed by atoms with Crippen molar-refractivity contribution in [2.75, 3.05) is 0 Å². The molecule has 0 heteroatoms. The first-order valence-corrected chi connectivity index (χ1v) is 29.1. The molecule has 0 saturated heterocycles. The average Bonchev–Trinajstić information content (AvgIpc) is 2.44. The van der Waals surface area contributed by atoms with E-state index in [0.717, 1.165) is 0 Å². The van der Waals surface area contributed by atoms with Crippen LogP contribution in [0.5, 0.6) is 0 Å².